The van der Waals surface area contributed by atoms with Crippen LogP contribution < -0.4 is 5.32 Å². The maximum atomic E-state index is 13.0. The second-order valence-corrected chi connectivity index (χ2v) is 6.88. The van der Waals surface area contributed by atoms with E-state index in [0.29, 0.717) is 18.7 Å². The SMILES string of the molecule is CC1COC(OCc2cc(C(F)(F)F)cc(C(F)(F)F)c2)C(c2ccccc2)N1. The standard InChI is InChI=1S/C20H19F6NO2/c1-12-10-28-18(17(27-12)14-5-3-2-4-6-14)29-11-13-7-15(19(21,22)23)9-16(8-13)20(24,25)26/h2-9,12,17-18,27H,10-11H2,1H3. The fourth-order valence-electron chi connectivity index (χ4n) is 3.11. The predicted molar refractivity (Wildman–Crippen MR) is 92.8 cm³/mol. The third kappa shape index (κ3) is 5.49. The molecular weight excluding hydrogens is 400 g/mol. The normalized spacial score (nSPS) is 23.2. The summed E-state index contributed by atoms with van der Waals surface area (Å²) in [6, 6.07) is 10.1. The molecule has 0 saturated carbocycles. The Morgan fingerprint density at radius 3 is 2.10 bits per heavy atom. The molecule has 0 bridgehead atoms. The third-order valence-electron chi connectivity index (χ3n) is 4.47. The summed E-state index contributed by atoms with van der Waals surface area (Å²) in [5.41, 5.74) is -2.14. The van der Waals surface area contributed by atoms with Crippen molar-refractivity contribution in [2.45, 2.75) is 44.3 Å². The summed E-state index contributed by atoms with van der Waals surface area (Å²) in [6.45, 7) is 1.73. The molecule has 9 heteroatoms. The van der Waals surface area contributed by atoms with E-state index in [1.807, 2.05) is 37.3 Å². The van der Waals surface area contributed by atoms with Gasteiger partial charge in [0.25, 0.3) is 0 Å². The molecule has 3 nitrogen and oxygen atoms in total. The maximum absolute atomic E-state index is 13.0. The molecule has 1 N–H and O–H groups in total. The first-order chi connectivity index (χ1) is 13.5. The topological polar surface area (TPSA) is 30.5 Å². The molecule has 0 radical (unpaired) electrons. The highest BCUT2D eigenvalue weighted by Gasteiger charge is 2.37. The summed E-state index contributed by atoms with van der Waals surface area (Å²) in [7, 11) is 0. The summed E-state index contributed by atoms with van der Waals surface area (Å²) in [5.74, 6) is 0. The van der Waals surface area contributed by atoms with Crippen LogP contribution in [0, 0.1) is 0 Å². The van der Waals surface area contributed by atoms with E-state index in [1.54, 1.807) is 0 Å². The lowest BCUT2D eigenvalue weighted by Crippen LogP contribution is -2.48. The average Bonchev–Trinajstić information content (AvgIpc) is 2.66. The molecule has 158 valence electrons. The second-order valence-electron chi connectivity index (χ2n) is 6.88. The number of alkyl halides is 6. The Morgan fingerprint density at radius 2 is 1.55 bits per heavy atom. The van der Waals surface area contributed by atoms with E-state index in [-0.39, 0.29) is 17.7 Å². The Labute approximate surface area is 163 Å². The van der Waals surface area contributed by atoms with E-state index in [4.69, 9.17) is 9.47 Å². The van der Waals surface area contributed by atoms with Gasteiger partial charge in [0.05, 0.1) is 30.4 Å². The number of halogens is 6. The molecule has 1 aliphatic rings. The summed E-state index contributed by atoms with van der Waals surface area (Å²) in [6.07, 6.45) is -10.7. The van der Waals surface area contributed by atoms with Crippen molar-refractivity contribution in [3.8, 4) is 0 Å². The zero-order valence-electron chi connectivity index (χ0n) is 15.3. The molecule has 2 aromatic carbocycles. The van der Waals surface area contributed by atoms with Gasteiger partial charge in [0, 0.05) is 6.04 Å². The van der Waals surface area contributed by atoms with Crippen LogP contribution in [0.5, 0.6) is 0 Å². The van der Waals surface area contributed by atoms with Crippen LogP contribution in [0.15, 0.2) is 48.5 Å². The van der Waals surface area contributed by atoms with E-state index in [2.05, 4.69) is 5.32 Å². The average molecular weight is 419 g/mol. The Bertz CT molecular complexity index is 790. The largest absolute Gasteiger partial charge is 0.416 e. The molecule has 3 unspecified atom stereocenters. The van der Waals surface area contributed by atoms with E-state index in [1.165, 1.54) is 0 Å². The Hall–Kier alpha value is -2.10. The first-order valence-corrected chi connectivity index (χ1v) is 8.86. The Balaban J connectivity index is 1.82. The molecule has 29 heavy (non-hydrogen) atoms. The lowest BCUT2D eigenvalue weighted by Gasteiger charge is -2.36. The van der Waals surface area contributed by atoms with Crippen molar-refractivity contribution >= 4 is 0 Å². The van der Waals surface area contributed by atoms with Crippen LogP contribution >= 0.6 is 0 Å². The van der Waals surface area contributed by atoms with Crippen LogP contribution in [0.4, 0.5) is 26.3 Å². The van der Waals surface area contributed by atoms with Crippen LogP contribution in [0.3, 0.4) is 0 Å². The van der Waals surface area contributed by atoms with Crippen LogP contribution in [-0.2, 0) is 28.4 Å². The number of benzene rings is 2. The van der Waals surface area contributed by atoms with Crippen LogP contribution in [0.25, 0.3) is 0 Å². The molecular formula is C20H19F6NO2. The molecule has 3 atom stereocenters. The highest BCUT2D eigenvalue weighted by atomic mass is 19.4. The molecule has 1 aliphatic heterocycles. The van der Waals surface area contributed by atoms with Gasteiger partial charge in [0.2, 0.25) is 0 Å². The van der Waals surface area contributed by atoms with Gasteiger partial charge in [-0.2, -0.15) is 26.3 Å². The number of morpholine rings is 1. The van der Waals surface area contributed by atoms with Crippen molar-refractivity contribution in [2.24, 2.45) is 0 Å². The number of nitrogens with one attached hydrogen (secondary N) is 1. The molecule has 2 aromatic rings. The van der Waals surface area contributed by atoms with Gasteiger partial charge >= 0.3 is 12.4 Å². The zero-order valence-corrected chi connectivity index (χ0v) is 15.3. The number of hydrogen-bond donors (Lipinski definition) is 1. The van der Waals surface area contributed by atoms with Gasteiger partial charge in [0.1, 0.15) is 0 Å². The molecule has 1 heterocycles. The van der Waals surface area contributed by atoms with Crippen molar-refractivity contribution in [3.05, 3.63) is 70.8 Å². The maximum Gasteiger partial charge on any atom is 0.416 e. The lowest BCUT2D eigenvalue weighted by atomic mass is 10.0. The first-order valence-electron chi connectivity index (χ1n) is 8.86. The third-order valence-corrected chi connectivity index (χ3v) is 4.47. The van der Waals surface area contributed by atoms with Gasteiger partial charge in [-0.25, -0.2) is 0 Å². The van der Waals surface area contributed by atoms with E-state index in [0.717, 1.165) is 5.56 Å². The fraction of sp³-hybridized carbons (Fsp3) is 0.400. The number of rotatable bonds is 4. The second kappa shape index (κ2) is 8.33. The van der Waals surface area contributed by atoms with Gasteiger partial charge in [0.15, 0.2) is 6.29 Å². The molecule has 1 fully saturated rings. The van der Waals surface area contributed by atoms with E-state index in [9.17, 15) is 26.3 Å². The van der Waals surface area contributed by atoms with Crippen LogP contribution in [0.1, 0.15) is 35.2 Å². The predicted octanol–water partition coefficient (Wildman–Crippen LogP) is 5.32. The summed E-state index contributed by atoms with van der Waals surface area (Å²) in [4.78, 5) is 0. The minimum Gasteiger partial charge on any atom is -0.349 e. The van der Waals surface area contributed by atoms with Gasteiger partial charge in [-0.1, -0.05) is 30.3 Å². The summed E-state index contributed by atoms with van der Waals surface area (Å²) < 4.78 is 89.3. The Kier molecular flexibility index (Phi) is 6.21. The molecule has 0 aliphatic carbocycles. The van der Waals surface area contributed by atoms with E-state index < -0.39 is 42.4 Å². The quantitative estimate of drug-likeness (QED) is 0.681. The van der Waals surface area contributed by atoms with Crippen molar-refractivity contribution in [1.29, 1.82) is 0 Å². The molecule has 0 aromatic heterocycles. The number of hydrogen-bond acceptors (Lipinski definition) is 3. The fourth-order valence-corrected chi connectivity index (χ4v) is 3.11. The van der Waals surface area contributed by atoms with Crippen molar-refractivity contribution in [3.63, 3.8) is 0 Å². The minimum absolute atomic E-state index is 0.00504. The molecule has 0 spiro atoms. The van der Waals surface area contributed by atoms with Gasteiger partial charge in [-0.15, -0.1) is 0 Å². The molecule has 0 amide bonds. The van der Waals surface area contributed by atoms with Gasteiger partial charge in [-0.3, -0.25) is 0 Å². The summed E-state index contributed by atoms with van der Waals surface area (Å²) >= 11 is 0. The van der Waals surface area contributed by atoms with Crippen molar-refractivity contribution in [1.82, 2.24) is 5.32 Å². The van der Waals surface area contributed by atoms with Gasteiger partial charge in [-0.05, 0) is 36.2 Å². The van der Waals surface area contributed by atoms with Crippen LogP contribution in [-0.4, -0.2) is 18.9 Å². The Morgan fingerprint density at radius 1 is 0.966 bits per heavy atom. The minimum atomic E-state index is -4.90. The molecule has 3 rings (SSSR count). The lowest BCUT2D eigenvalue weighted by molar-refractivity contribution is -0.192. The molecule has 1 saturated heterocycles. The van der Waals surface area contributed by atoms with Crippen molar-refractivity contribution < 1.29 is 35.8 Å². The zero-order chi connectivity index (χ0) is 21.2. The van der Waals surface area contributed by atoms with Crippen LogP contribution in [0.2, 0.25) is 0 Å². The van der Waals surface area contributed by atoms with E-state index >= 15 is 0 Å². The van der Waals surface area contributed by atoms with Crippen molar-refractivity contribution in [2.75, 3.05) is 6.61 Å². The first kappa shape index (κ1) is 21.6. The monoisotopic (exact) mass is 419 g/mol. The number of ether oxygens (including phenoxy) is 2. The summed E-state index contributed by atoms with van der Waals surface area (Å²) in [5, 5.41) is 3.28. The smallest absolute Gasteiger partial charge is 0.349 e. The highest BCUT2D eigenvalue weighted by molar-refractivity contribution is 5.33. The highest BCUT2D eigenvalue weighted by Crippen LogP contribution is 2.36. The van der Waals surface area contributed by atoms with Gasteiger partial charge < -0.3 is 14.8 Å².